The van der Waals surface area contributed by atoms with Crippen molar-refractivity contribution in [2.75, 3.05) is 0 Å². The lowest BCUT2D eigenvalue weighted by molar-refractivity contribution is 0.473. The maximum Gasteiger partial charge on any atom is 0.248 e. The molecule has 84 valence electrons. The lowest BCUT2D eigenvalue weighted by atomic mass is 10.1. The molecule has 1 heterocycles. The molecule has 1 unspecified atom stereocenters. The van der Waals surface area contributed by atoms with Crippen LogP contribution in [-0.2, 0) is 0 Å². The highest BCUT2D eigenvalue weighted by molar-refractivity contribution is 9.10. The Bertz CT molecular complexity index is 508. The summed E-state index contributed by atoms with van der Waals surface area (Å²) < 4.78 is 6.41. The van der Waals surface area contributed by atoms with Crippen molar-refractivity contribution in [3.63, 3.8) is 0 Å². The Morgan fingerprint density at radius 3 is 2.69 bits per heavy atom. The van der Waals surface area contributed by atoms with Crippen molar-refractivity contribution in [1.82, 2.24) is 10.2 Å². The van der Waals surface area contributed by atoms with E-state index in [-0.39, 0.29) is 6.04 Å². The van der Waals surface area contributed by atoms with E-state index in [2.05, 4.69) is 26.1 Å². The van der Waals surface area contributed by atoms with E-state index >= 15 is 0 Å². The molecular weight excluding hydrogens is 270 g/mol. The molecule has 0 radical (unpaired) electrons. The summed E-state index contributed by atoms with van der Waals surface area (Å²) in [6.07, 6.45) is 0. The first-order valence-corrected chi connectivity index (χ1v) is 5.72. The van der Waals surface area contributed by atoms with Crippen LogP contribution in [0, 0.1) is 6.92 Å². The minimum Gasteiger partial charge on any atom is -0.419 e. The van der Waals surface area contributed by atoms with Gasteiger partial charge in [0.15, 0.2) is 0 Å². The highest BCUT2D eigenvalue weighted by Gasteiger charge is 2.13. The molecule has 1 aromatic carbocycles. The molecule has 0 saturated heterocycles. The minimum atomic E-state index is -0.245. The van der Waals surface area contributed by atoms with Crippen LogP contribution in [0.1, 0.15) is 24.4 Å². The van der Waals surface area contributed by atoms with Gasteiger partial charge in [-0.2, -0.15) is 0 Å². The van der Waals surface area contributed by atoms with E-state index in [0.717, 1.165) is 10.0 Å². The van der Waals surface area contributed by atoms with Gasteiger partial charge in [0.2, 0.25) is 11.8 Å². The molecule has 1 aromatic heterocycles. The molecule has 1 atom stereocenters. The number of aryl methyl sites for hydroxylation is 1. The van der Waals surface area contributed by atoms with Crippen LogP contribution in [0.5, 0.6) is 0 Å². The Kier molecular flexibility index (Phi) is 3.07. The molecular formula is C11H12BrN3O. The number of halogens is 1. The number of hydrogen-bond donors (Lipinski definition) is 1. The monoisotopic (exact) mass is 281 g/mol. The fourth-order valence-corrected chi connectivity index (χ4v) is 1.98. The van der Waals surface area contributed by atoms with Crippen LogP contribution in [0.25, 0.3) is 11.5 Å². The summed E-state index contributed by atoms with van der Waals surface area (Å²) in [5.41, 5.74) is 7.71. The summed E-state index contributed by atoms with van der Waals surface area (Å²) in [5, 5.41) is 7.86. The van der Waals surface area contributed by atoms with Crippen LogP contribution in [0.3, 0.4) is 0 Å². The van der Waals surface area contributed by atoms with E-state index in [0.29, 0.717) is 11.8 Å². The van der Waals surface area contributed by atoms with Gasteiger partial charge in [0.1, 0.15) is 0 Å². The fraction of sp³-hybridized carbons (Fsp3) is 0.273. The van der Waals surface area contributed by atoms with Crippen LogP contribution in [0.2, 0.25) is 0 Å². The van der Waals surface area contributed by atoms with Gasteiger partial charge >= 0.3 is 0 Å². The molecule has 0 saturated carbocycles. The van der Waals surface area contributed by atoms with Gasteiger partial charge in [-0.25, -0.2) is 0 Å². The maximum atomic E-state index is 5.66. The Labute approximate surface area is 102 Å². The number of hydrogen-bond acceptors (Lipinski definition) is 4. The van der Waals surface area contributed by atoms with Crippen LogP contribution < -0.4 is 5.73 Å². The average Bonchev–Trinajstić information content (AvgIpc) is 2.66. The van der Waals surface area contributed by atoms with Gasteiger partial charge in [0.25, 0.3) is 0 Å². The van der Waals surface area contributed by atoms with Crippen LogP contribution in [-0.4, -0.2) is 10.2 Å². The smallest absolute Gasteiger partial charge is 0.248 e. The molecule has 0 aliphatic heterocycles. The summed E-state index contributed by atoms with van der Waals surface area (Å²) in [7, 11) is 0. The van der Waals surface area contributed by atoms with Crippen molar-refractivity contribution in [3.05, 3.63) is 34.1 Å². The van der Waals surface area contributed by atoms with E-state index in [4.69, 9.17) is 10.2 Å². The highest BCUT2D eigenvalue weighted by Crippen LogP contribution is 2.28. The first kappa shape index (κ1) is 11.3. The van der Waals surface area contributed by atoms with Crippen molar-refractivity contribution in [2.45, 2.75) is 19.9 Å². The molecule has 2 aromatic rings. The Balaban J connectivity index is 2.42. The molecule has 2 rings (SSSR count). The molecule has 0 amide bonds. The number of nitrogens with two attached hydrogens (primary N) is 1. The molecule has 0 fully saturated rings. The first-order valence-electron chi connectivity index (χ1n) is 4.93. The molecule has 2 N–H and O–H groups in total. The van der Waals surface area contributed by atoms with Gasteiger partial charge in [-0.15, -0.1) is 10.2 Å². The van der Waals surface area contributed by atoms with Crippen molar-refractivity contribution in [2.24, 2.45) is 5.73 Å². The second-order valence-electron chi connectivity index (χ2n) is 3.72. The Hall–Kier alpha value is -1.20. The summed E-state index contributed by atoms with van der Waals surface area (Å²) in [6.45, 7) is 3.83. The second-order valence-corrected chi connectivity index (χ2v) is 4.57. The zero-order valence-corrected chi connectivity index (χ0v) is 10.7. The predicted octanol–water partition coefficient (Wildman–Crippen LogP) is 2.83. The number of benzene rings is 1. The largest absolute Gasteiger partial charge is 0.419 e. The zero-order chi connectivity index (χ0) is 11.7. The minimum absolute atomic E-state index is 0.245. The highest BCUT2D eigenvalue weighted by atomic mass is 79.9. The average molecular weight is 282 g/mol. The molecule has 16 heavy (non-hydrogen) atoms. The van der Waals surface area contributed by atoms with E-state index < -0.39 is 0 Å². The Morgan fingerprint density at radius 2 is 2.12 bits per heavy atom. The SMILES string of the molecule is Cc1ccc(-c2nnc(C(C)N)o2)c(Br)c1. The molecule has 0 aliphatic carbocycles. The number of nitrogens with zero attached hydrogens (tertiary/aromatic N) is 2. The third-order valence-electron chi connectivity index (χ3n) is 2.19. The van der Waals surface area contributed by atoms with Crippen LogP contribution in [0.4, 0.5) is 0 Å². The van der Waals surface area contributed by atoms with Gasteiger partial charge in [0, 0.05) is 4.47 Å². The standard InChI is InChI=1S/C11H12BrN3O/c1-6-3-4-8(9(12)5-6)11-15-14-10(16-11)7(2)13/h3-5,7H,13H2,1-2H3. The zero-order valence-electron chi connectivity index (χ0n) is 9.07. The number of rotatable bonds is 2. The quantitative estimate of drug-likeness (QED) is 0.919. The van der Waals surface area contributed by atoms with Gasteiger partial charge in [-0.1, -0.05) is 6.07 Å². The van der Waals surface area contributed by atoms with Crippen LogP contribution >= 0.6 is 15.9 Å². The second kappa shape index (κ2) is 4.35. The molecule has 0 bridgehead atoms. The van der Waals surface area contributed by atoms with Gasteiger partial charge in [-0.05, 0) is 47.5 Å². The summed E-state index contributed by atoms with van der Waals surface area (Å²) >= 11 is 3.47. The lowest BCUT2D eigenvalue weighted by Gasteiger charge is -2.00. The molecule has 4 nitrogen and oxygen atoms in total. The Morgan fingerprint density at radius 1 is 1.38 bits per heavy atom. The van der Waals surface area contributed by atoms with E-state index in [1.165, 1.54) is 5.56 Å². The van der Waals surface area contributed by atoms with Crippen molar-refractivity contribution in [3.8, 4) is 11.5 Å². The molecule has 0 spiro atoms. The van der Waals surface area contributed by atoms with E-state index in [9.17, 15) is 0 Å². The third kappa shape index (κ3) is 2.15. The van der Waals surface area contributed by atoms with Gasteiger partial charge in [0.05, 0.1) is 11.6 Å². The van der Waals surface area contributed by atoms with Crippen molar-refractivity contribution in [1.29, 1.82) is 0 Å². The van der Waals surface area contributed by atoms with Gasteiger partial charge in [-0.3, -0.25) is 0 Å². The summed E-state index contributed by atoms with van der Waals surface area (Å²) in [4.78, 5) is 0. The van der Waals surface area contributed by atoms with Crippen molar-refractivity contribution >= 4 is 15.9 Å². The molecule has 5 heteroatoms. The van der Waals surface area contributed by atoms with Crippen LogP contribution in [0.15, 0.2) is 27.1 Å². The third-order valence-corrected chi connectivity index (χ3v) is 2.84. The van der Waals surface area contributed by atoms with E-state index in [1.807, 2.05) is 32.0 Å². The fourth-order valence-electron chi connectivity index (χ4n) is 1.32. The molecule has 0 aliphatic rings. The first-order chi connectivity index (χ1) is 7.58. The van der Waals surface area contributed by atoms with Gasteiger partial charge < -0.3 is 10.2 Å². The number of aromatic nitrogens is 2. The lowest BCUT2D eigenvalue weighted by Crippen LogP contribution is -2.04. The maximum absolute atomic E-state index is 5.66. The summed E-state index contributed by atoms with van der Waals surface area (Å²) in [5.74, 6) is 0.932. The van der Waals surface area contributed by atoms with Crippen molar-refractivity contribution < 1.29 is 4.42 Å². The predicted molar refractivity (Wildman–Crippen MR) is 64.8 cm³/mol. The van der Waals surface area contributed by atoms with E-state index in [1.54, 1.807) is 0 Å². The topological polar surface area (TPSA) is 64.9 Å². The normalized spacial score (nSPS) is 12.8. The summed E-state index contributed by atoms with van der Waals surface area (Å²) in [6, 6.07) is 5.70.